The van der Waals surface area contributed by atoms with Crippen LogP contribution in [0.15, 0.2) is 23.1 Å². The van der Waals surface area contributed by atoms with E-state index < -0.39 is 0 Å². The van der Waals surface area contributed by atoms with Gasteiger partial charge in [-0.3, -0.25) is 0 Å². The number of benzene rings is 1. The molecule has 0 amide bonds. The summed E-state index contributed by atoms with van der Waals surface area (Å²) < 4.78 is 0. The van der Waals surface area contributed by atoms with Gasteiger partial charge < -0.3 is 10.6 Å². The molecule has 2 N–H and O–H groups in total. The van der Waals surface area contributed by atoms with Crippen molar-refractivity contribution in [2.45, 2.75) is 23.8 Å². The molecule has 3 nitrogen and oxygen atoms in total. The van der Waals surface area contributed by atoms with Gasteiger partial charge in [0.1, 0.15) is 6.07 Å². The maximum absolute atomic E-state index is 9.20. The minimum Gasteiger partial charge on any atom is -0.382 e. The largest absolute Gasteiger partial charge is 0.382 e. The highest BCUT2D eigenvalue weighted by Crippen LogP contribution is 2.26. The normalized spacial score (nSPS) is 18.9. The lowest BCUT2D eigenvalue weighted by molar-refractivity contribution is 0.633. The van der Waals surface area contributed by atoms with Crippen LogP contribution >= 0.6 is 11.8 Å². The van der Waals surface area contributed by atoms with E-state index in [0.717, 1.165) is 29.2 Å². The van der Waals surface area contributed by atoms with Crippen molar-refractivity contribution in [1.82, 2.24) is 5.32 Å². The predicted octanol–water partition coefficient (Wildman–Crippen LogP) is 2.44. The van der Waals surface area contributed by atoms with Crippen molar-refractivity contribution in [2.24, 2.45) is 0 Å². The van der Waals surface area contributed by atoms with Crippen LogP contribution in [0.2, 0.25) is 0 Å². The van der Waals surface area contributed by atoms with Gasteiger partial charge in [-0.25, -0.2) is 0 Å². The Labute approximate surface area is 107 Å². The third-order valence-electron chi connectivity index (χ3n) is 3.06. The zero-order chi connectivity index (χ0) is 12.1. The maximum Gasteiger partial charge on any atom is 0.102 e. The lowest BCUT2D eigenvalue weighted by Crippen LogP contribution is -2.29. The Bertz CT molecular complexity index is 419. The molecular formula is C13H17N3S. The van der Waals surface area contributed by atoms with Crippen LogP contribution in [0, 0.1) is 11.3 Å². The van der Waals surface area contributed by atoms with E-state index in [1.165, 1.54) is 12.8 Å². The van der Waals surface area contributed by atoms with E-state index in [1.54, 1.807) is 11.8 Å². The molecule has 2 rings (SSSR count). The van der Waals surface area contributed by atoms with E-state index in [-0.39, 0.29) is 0 Å². The maximum atomic E-state index is 9.20. The first kappa shape index (κ1) is 12.3. The van der Waals surface area contributed by atoms with Crippen molar-refractivity contribution in [1.29, 1.82) is 5.26 Å². The highest BCUT2D eigenvalue weighted by molar-refractivity contribution is 7.98. The number of rotatable bonds is 4. The fourth-order valence-corrected chi connectivity index (χ4v) is 2.70. The lowest BCUT2D eigenvalue weighted by atomic mass is 10.1. The molecule has 0 bridgehead atoms. The Hall–Kier alpha value is -1.18. The molecule has 0 spiro atoms. The Morgan fingerprint density at radius 3 is 3.12 bits per heavy atom. The molecule has 1 fully saturated rings. The number of nitrogens with one attached hydrogen (secondary N) is 2. The summed E-state index contributed by atoms with van der Waals surface area (Å²) in [6.45, 7) is 2.01. The molecule has 4 heteroatoms. The number of hydrogen-bond donors (Lipinski definition) is 2. The minimum absolute atomic E-state index is 0.541. The van der Waals surface area contributed by atoms with Crippen LogP contribution in [0.5, 0.6) is 0 Å². The Morgan fingerprint density at radius 1 is 1.59 bits per heavy atom. The van der Waals surface area contributed by atoms with E-state index in [1.807, 2.05) is 24.5 Å². The van der Waals surface area contributed by atoms with Gasteiger partial charge in [-0.05, 0) is 37.8 Å². The third-order valence-corrected chi connectivity index (χ3v) is 3.84. The van der Waals surface area contributed by atoms with Crippen LogP contribution in [0.3, 0.4) is 0 Å². The van der Waals surface area contributed by atoms with Gasteiger partial charge in [-0.15, -0.1) is 11.8 Å². The lowest BCUT2D eigenvalue weighted by Gasteiger charge is -2.14. The van der Waals surface area contributed by atoms with Crippen LogP contribution < -0.4 is 10.6 Å². The summed E-state index contributed by atoms with van der Waals surface area (Å²) in [5.41, 5.74) is 1.71. The fourth-order valence-electron chi connectivity index (χ4n) is 2.13. The first-order valence-corrected chi connectivity index (χ1v) is 7.12. The topological polar surface area (TPSA) is 47.8 Å². The molecule has 0 aromatic heterocycles. The summed E-state index contributed by atoms with van der Waals surface area (Å²) in [5, 5.41) is 16.0. The molecule has 17 heavy (non-hydrogen) atoms. The van der Waals surface area contributed by atoms with E-state index in [0.29, 0.717) is 6.04 Å². The molecule has 1 atom stereocenters. The van der Waals surface area contributed by atoms with Crippen molar-refractivity contribution in [3.63, 3.8) is 0 Å². The SMILES string of the molecule is CSc1cccc(NCC2CCCN2)c1C#N. The zero-order valence-electron chi connectivity index (χ0n) is 9.99. The molecule has 1 aromatic rings. The number of thioether (sulfide) groups is 1. The summed E-state index contributed by atoms with van der Waals surface area (Å²) in [4.78, 5) is 1.04. The summed E-state index contributed by atoms with van der Waals surface area (Å²) in [6, 6.07) is 8.79. The average Bonchev–Trinajstić information content (AvgIpc) is 2.88. The van der Waals surface area contributed by atoms with Crippen molar-refractivity contribution in [3.05, 3.63) is 23.8 Å². The molecule has 1 saturated heterocycles. The van der Waals surface area contributed by atoms with Gasteiger partial charge in [0.25, 0.3) is 0 Å². The quantitative estimate of drug-likeness (QED) is 0.802. The summed E-state index contributed by atoms with van der Waals surface area (Å²) in [5.74, 6) is 0. The Balaban J connectivity index is 2.07. The molecule has 90 valence electrons. The second kappa shape index (κ2) is 5.95. The molecule has 0 saturated carbocycles. The van der Waals surface area contributed by atoms with E-state index in [9.17, 15) is 5.26 Å². The van der Waals surface area contributed by atoms with Gasteiger partial charge in [0.2, 0.25) is 0 Å². The molecule has 0 aliphatic carbocycles. The van der Waals surface area contributed by atoms with Gasteiger partial charge in [-0.2, -0.15) is 5.26 Å². The molecule has 1 heterocycles. The van der Waals surface area contributed by atoms with Gasteiger partial charge in [0.15, 0.2) is 0 Å². The molecular weight excluding hydrogens is 230 g/mol. The van der Waals surface area contributed by atoms with E-state index in [2.05, 4.69) is 16.7 Å². The second-order valence-electron chi connectivity index (χ2n) is 4.17. The summed E-state index contributed by atoms with van der Waals surface area (Å²) in [7, 11) is 0. The highest BCUT2D eigenvalue weighted by atomic mass is 32.2. The average molecular weight is 247 g/mol. The van der Waals surface area contributed by atoms with Crippen molar-refractivity contribution >= 4 is 17.4 Å². The van der Waals surface area contributed by atoms with Gasteiger partial charge in [-0.1, -0.05) is 6.07 Å². The van der Waals surface area contributed by atoms with Crippen LogP contribution in [0.25, 0.3) is 0 Å². The van der Waals surface area contributed by atoms with Crippen LogP contribution in [0.4, 0.5) is 5.69 Å². The molecule has 1 unspecified atom stereocenters. The number of nitriles is 1. The summed E-state index contributed by atoms with van der Waals surface area (Å²) in [6.07, 6.45) is 4.47. The van der Waals surface area contributed by atoms with Gasteiger partial charge in [0.05, 0.1) is 11.3 Å². The zero-order valence-corrected chi connectivity index (χ0v) is 10.8. The second-order valence-corrected chi connectivity index (χ2v) is 5.02. The van der Waals surface area contributed by atoms with Gasteiger partial charge in [0, 0.05) is 17.5 Å². The number of hydrogen-bond acceptors (Lipinski definition) is 4. The molecule has 1 aromatic carbocycles. The van der Waals surface area contributed by atoms with Crippen molar-refractivity contribution in [3.8, 4) is 6.07 Å². The fraction of sp³-hybridized carbons (Fsp3) is 0.462. The Kier molecular flexibility index (Phi) is 4.29. The van der Waals surface area contributed by atoms with Gasteiger partial charge >= 0.3 is 0 Å². The third kappa shape index (κ3) is 2.93. The standard InChI is InChI=1S/C13H17N3S/c1-17-13-6-2-5-12(11(13)8-14)16-9-10-4-3-7-15-10/h2,5-6,10,15-16H,3-4,7,9H2,1H3. The van der Waals surface area contributed by atoms with Crippen LogP contribution in [-0.4, -0.2) is 25.4 Å². The molecule has 1 aliphatic rings. The first-order valence-electron chi connectivity index (χ1n) is 5.89. The van der Waals surface area contributed by atoms with Crippen LogP contribution in [0.1, 0.15) is 18.4 Å². The van der Waals surface area contributed by atoms with Crippen molar-refractivity contribution in [2.75, 3.05) is 24.7 Å². The van der Waals surface area contributed by atoms with E-state index in [4.69, 9.17) is 0 Å². The highest BCUT2D eigenvalue weighted by Gasteiger charge is 2.14. The molecule has 1 aliphatic heterocycles. The predicted molar refractivity (Wildman–Crippen MR) is 72.5 cm³/mol. The Morgan fingerprint density at radius 2 is 2.47 bits per heavy atom. The molecule has 0 radical (unpaired) electrons. The minimum atomic E-state index is 0.541. The van der Waals surface area contributed by atoms with Crippen molar-refractivity contribution < 1.29 is 0 Å². The smallest absolute Gasteiger partial charge is 0.102 e. The summed E-state index contributed by atoms with van der Waals surface area (Å²) >= 11 is 1.61. The van der Waals surface area contributed by atoms with E-state index >= 15 is 0 Å². The first-order chi connectivity index (χ1) is 8.35. The van der Waals surface area contributed by atoms with Crippen LogP contribution in [-0.2, 0) is 0 Å². The number of nitrogens with zero attached hydrogens (tertiary/aromatic N) is 1. The monoisotopic (exact) mass is 247 g/mol. The number of anilines is 1.